The molecule has 1 heterocycles. The van der Waals surface area contributed by atoms with Crippen molar-refractivity contribution in [1.82, 2.24) is 0 Å². The maximum Gasteiger partial charge on any atom is 0.600 e. The average Bonchev–Trinajstić information content (AvgIpc) is 2.38. The number of fused-ring (bicyclic) bond motifs is 1. The minimum absolute atomic E-state index is 0. The van der Waals surface area contributed by atoms with Crippen LogP contribution in [0.3, 0.4) is 0 Å². The summed E-state index contributed by atoms with van der Waals surface area (Å²) in [5, 5.41) is 0.707. The second-order valence-corrected chi connectivity index (χ2v) is 5.71. The second-order valence-electron chi connectivity index (χ2n) is 3.55. The van der Waals surface area contributed by atoms with Crippen molar-refractivity contribution in [3.63, 3.8) is 0 Å². The monoisotopic (exact) mass is 310 g/mol. The van der Waals surface area contributed by atoms with E-state index in [0.717, 1.165) is 5.56 Å². The first-order chi connectivity index (χ1) is 6.89. The fourth-order valence-corrected chi connectivity index (χ4v) is 3.57. The zero-order chi connectivity index (χ0) is 11.2. The van der Waals surface area contributed by atoms with Crippen molar-refractivity contribution in [2.75, 3.05) is 0 Å². The van der Waals surface area contributed by atoms with Crippen molar-refractivity contribution in [1.29, 1.82) is 0 Å². The topological polar surface area (TPSA) is 0 Å². The van der Waals surface area contributed by atoms with Crippen LogP contribution in [0.4, 0.5) is 13.2 Å². The fraction of sp³-hybridized carbons (Fsp3) is 0.273. The highest BCUT2D eigenvalue weighted by atomic mass is 79.9. The molecule has 2 rings (SSSR count). The summed E-state index contributed by atoms with van der Waals surface area (Å²) in [6.45, 7) is 3.36. The van der Waals surface area contributed by atoms with Gasteiger partial charge >= 0.3 is 5.51 Å². The van der Waals surface area contributed by atoms with Crippen LogP contribution in [0.25, 0.3) is 10.1 Å². The van der Waals surface area contributed by atoms with Gasteiger partial charge in [0, 0.05) is 24.4 Å². The molecule has 88 valence electrons. The van der Waals surface area contributed by atoms with Crippen LogP contribution in [-0.4, -0.2) is 0 Å². The van der Waals surface area contributed by atoms with Crippen LogP contribution in [0.2, 0.25) is 0 Å². The molecule has 0 bridgehead atoms. The van der Waals surface area contributed by atoms with Crippen LogP contribution in [0.1, 0.15) is 10.4 Å². The number of aryl methyl sites for hydroxylation is 2. The quantitative estimate of drug-likeness (QED) is 0.650. The van der Waals surface area contributed by atoms with Crippen LogP contribution in [0.15, 0.2) is 24.3 Å². The molecule has 0 spiro atoms. The van der Waals surface area contributed by atoms with E-state index in [9.17, 15) is 13.2 Å². The summed E-state index contributed by atoms with van der Waals surface area (Å²) >= 11 is 0. The third-order valence-corrected chi connectivity index (χ3v) is 4.32. The summed E-state index contributed by atoms with van der Waals surface area (Å²) in [5.74, 6) is 0. The smallest absolute Gasteiger partial charge is 0.600 e. The van der Waals surface area contributed by atoms with Crippen LogP contribution < -0.4 is 17.0 Å². The van der Waals surface area contributed by atoms with Crippen LogP contribution in [-0.2, 0) is 5.51 Å². The van der Waals surface area contributed by atoms with Crippen LogP contribution in [0, 0.1) is 13.8 Å². The van der Waals surface area contributed by atoms with E-state index in [-0.39, 0.29) is 17.0 Å². The fourth-order valence-electron chi connectivity index (χ4n) is 1.70. The Kier molecular flexibility index (Phi) is 3.69. The summed E-state index contributed by atoms with van der Waals surface area (Å²) in [5.41, 5.74) is -3.28. The summed E-state index contributed by atoms with van der Waals surface area (Å²) in [6, 6.07) is 6.86. The van der Waals surface area contributed by atoms with E-state index >= 15 is 0 Å². The highest BCUT2D eigenvalue weighted by Crippen LogP contribution is 2.50. The number of hydrogen-bond acceptors (Lipinski definition) is 0. The van der Waals surface area contributed by atoms with Crippen LogP contribution in [0.5, 0.6) is 0 Å². The number of rotatable bonds is 0. The van der Waals surface area contributed by atoms with E-state index in [2.05, 4.69) is 0 Å². The van der Waals surface area contributed by atoms with E-state index in [1.54, 1.807) is 25.1 Å². The van der Waals surface area contributed by atoms with E-state index in [1.165, 1.54) is 0 Å². The molecule has 1 aromatic heterocycles. The standard InChI is InChI=1S/C11H10F3S.BrH/c1-7-3-4-9-6-8(2)15(10(9)5-7)11(12,13)14;/h3-6H,1-2H3;1H/q+1;/p-1. The highest BCUT2D eigenvalue weighted by Gasteiger charge is 2.46. The molecular weight excluding hydrogens is 301 g/mol. The first-order valence-electron chi connectivity index (χ1n) is 4.49. The molecule has 0 aliphatic rings. The first-order valence-corrected chi connectivity index (χ1v) is 5.72. The van der Waals surface area contributed by atoms with Crippen molar-refractivity contribution in [2.45, 2.75) is 19.4 Å². The Labute approximate surface area is 105 Å². The summed E-state index contributed by atoms with van der Waals surface area (Å²) < 4.78 is 38.8. The van der Waals surface area contributed by atoms with Gasteiger partial charge in [-0.2, -0.15) is 0 Å². The molecule has 1 aromatic carbocycles. The lowest BCUT2D eigenvalue weighted by molar-refractivity contribution is -0.0867. The van der Waals surface area contributed by atoms with E-state index in [0.29, 0.717) is 15.0 Å². The predicted molar refractivity (Wildman–Crippen MR) is 57.2 cm³/mol. The third kappa shape index (κ3) is 2.25. The first kappa shape index (κ1) is 13.5. The normalized spacial score (nSPS) is 12.7. The lowest BCUT2D eigenvalue weighted by atomic mass is 10.2. The van der Waals surface area contributed by atoms with Crippen molar-refractivity contribution < 1.29 is 30.2 Å². The average molecular weight is 311 g/mol. The Hall–Kier alpha value is -0.550. The lowest BCUT2D eigenvalue weighted by Gasteiger charge is -1.97. The van der Waals surface area contributed by atoms with Gasteiger partial charge in [-0.1, -0.05) is 6.07 Å². The third-order valence-electron chi connectivity index (χ3n) is 2.30. The number of benzene rings is 1. The molecule has 16 heavy (non-hydrogen) atoms. The Morgan fingerprint density at radius 1 is 1.06 bits per heavy atom. The van der Waals surface area contributed by atoms with Gasteiger partial charge in [-0.15, -0.1) is 13.2 Å². The zero-order valence-corrected chi connectivity index (χ0v) is 11.1. The van der Waals surface area contributed by atoms with Crippen molar-refractivity contribution >= 4 is 20.6 Å². The minimum Gasteiger partial charge on any atom is -1.00 e. The molecule has 2 aromatic rings. The van der Waals surface area contributed by atoms with Gasteiger partial charge in [0.15, 0.2) is 9.58 Å². The van der Waals surface area contributed by atoms with Gasteiger partial charge in [0.25, 0.3) is 0 Å². The van der Waals surface area contributed by atoms with Crippen LogP contribution >= 0.6 is 10.5 Å². The van der Waals surface area contributed by atoms with E-state index in [1.807, 2.05) is 13.0 Å². The Bertz CT molecular complexity index is 514. The molecule has 1 atom stereocenters. The lowest BCUT2D eigenvalue weighted by Crippen LogP contribution is -3.00. The molecule has 0 N–H and O–H groups in total. The molecule has 0 radical (unpaired) electrons. The minimum atomic E-state index is -4.15. The van der Waals surface area contributed by atoms with E-state index in [4.69, 9.17) is 0 Å². The van der Waals surface area contributed by atoms with Gasteiger partial charge in [0.2, 0.25) is 0 Å². The van der Waals surface area contributed by atoms with Gasteiger partial charge in [-0.25, -0.2) is 0 Å². The predicted octanol–water partition coefficient (Wildman–Crippen LogP) is 1.69. The molecule has 0 saturated carbocycles. The SMILES string of the molecule is Cc1ccc2cc(C)[s+](C(F)(F)F)c2c1.[Br-]. The summed E-state index contributed by atoms with van der Waals surface area (Å²) in [7, 11) is -1.71. The number of thiophene rings is 1. The van der Waals surface area contributed by atoms with Crippen molar-refractivity contribution in [2.24, 2.45) is 0 Å². The molecular formula is C11H10BrF3S. The molecule has 5 heteroatoms. The summed E-state index contributed by atoms with van der Waals surface area (Å²) in [4.78, 5) is 0.406. The maximum atomic E-state index is 12.8. The Balaban J connectivity index is 0.00000128. The molecule has 0 fully saturated rings. The number of hydrogen-bond donors (Lipinski definition) is 0. The van der Waals surface area contributed by atoms with Gasteiger partial charge in [-0.3, -0.25) is 0 Å². The van der Waals surface area contributed by atoms with Gasteiger partial charge in [-0.05, 0) is 18.6 Å². The molecule has 0 aliphatic carbocycles. The second kappa shape index (κ2) is 4.37. The molecule has 1 unspecified atom stereocenters. The number of halogens is 4. The van der Waals surface area contributed by atoms with Crippen molar-refractivity contribution in [3.05, 3.63) is 34.7 Å². The van der Waals surface area contributed by atoms with Gasteiger partial charge in [0.05, 0.1) is 10.5 Å². The molecule has 0 aliphatic heterocycles. The summed E-state index contributed by atoms with van der Waals surface area (Å²) in [6.07, 6.45) is 0. The maximum absolute atomic E-state index is 12.8. The molecule has 0 saturated heterocycles. The molecule has 0 amide bonds. The van der Waals surface area contributed by atoms with Crippen molar-refractivity contribution in [3.8, 4) is 0 Å². The zero-order valence-electron chi connectivity index (χ0n) is 8.73. The molecule has 0 nitrogen and oxygen atoms in total. The largest absolute Gasteiger partial charge is 1.00 e. The Morgan fingerprint density at radius 3 is 2.25 bits per heavy atom. The number of alkyl halides is 3. The highest BCUT2D eigenvalue weighted by molar-refractivity contribution is 7.38. The van der Waals surface area contributed by atoms with E-state index < -0.39 is 16.0 Å². The Morgan fingerprint density at radius 2 is 1.69 bits per heavy atom. The van der Waals surface area contributed by atoms with Gasteiger partial charge < -0.3 is 17.0 Å². The van der Waals surface area contributed by atoms with Gasteiger partial charge in [0.1, 0.15) is 0 Å².